The summed E-state index contributed by atoms with van der Waals surface area (Å²) in [6.45, 7) is 0.210. The standard InChI is InChI=1S/C13H15N5O3/c14-13(18-20)9-1-3-10(4-2-9)21-8-12(19)17-7-11-15-5-6-16-11/h1-6,20H,7-8H2,(H2,14,18)(H,15,16)(H,17,19). The quantitative estimate of drug-likeness (QED) is 0.261. The van der Waals surface area contributed by atoms with Crippen LogP contribution in [0.2, 0.25) is 0 Å². The van der Waals surface area contributed by atoms with E-state index in [1.807, 2.05) is 0 Å². The van der Waals surface area contributed by atoms with E-state index in [1.165, 1.54) is 0 Å². The number of hydrogen-bond donors (Lipinski definition) is 4. The first-order chi connectivity index (χ1) is 10.2. The molecule has 8 nitrogen and oxygen atoms in total. The summed E-state index contributed by atoms with van der Waals surface area (Å²) in [5, 5.41) is 14.1. The number of nitrogens with one attached hydrogen (secondary N) is 2. The molecule has 0 aliphatic carbocycles. The van der Waals surface area contributed by atoms with E-state index < -0.39 is 0 Å². The molecule has 1 aromatic carbocycles. The van der Waals surface area contributed by atoms with Crippen molar-refractivity contribution in [1.29, 1.82) is 0 Å². The summed E-state index contributed by atoms with van der Waals surface area (Å²) in [5.74, 6) is 0.939. The average molecular weight is 289 g/mol. The number of nitrogens with zero attached hydrogens (tertiary/aromatic N) is 2. The van der Waals surface area contributed by atoms with Gasteiger partial charge in [0.05, 0.1) is 6.54 Å². The average Bonchev–Trinajstić information content (AvgIpc) is 3.04. The number of H-pyrrole nitrogens is 1. The van der Waals surface area contributed by atoms with Crippen LogP contribution in [0.5, 0.6) is 5.75 Å². The molecule has 1 amide bonds. The normalized spacial score (nSPS) is 11.1. The Kier molecular flexibility index (Phi) is 4.75. The van der Waals surface area contributed by atoms with Crippen molar-refractivity contribution < 1.29 is 14.7 Å². The summed E-state index contributed by atoms with van der Waals surface area (Å²) in [6.07, 6.45) is 3.29. The van der Waals surface area contributed by atoms with Crippen molar-refractivity contribution in [2.75, 3.05) is 6.61 Å². The maximum Gasteiger partial charge on any atom is 0.258 e. The molecule has 0 radical (unpaired) electrons. The van der Waals surface area contributed by atoms with E-state index in [0.29, 0.717) is 23.7 Å². The summed E-state index contributed by atoms with van der Waals surface area (Å²) in [4.78, 5) is 18.4. The van der Waals surface area contributed by atoms with Crippen LogP contribution < -0.4 is 15.8 Å². The lowest BCUT2D eigenvalue weighted by Gasteiger charge is -2.07. The van der Waals surface area contributed by atoms with Crippen molar-refractivity contribution in [1.82, 2.24) is 15.3 Å². The van der Waals surface area contributed by atoms with E-state index >= 15 is 0 Å². The number of rotatable bonds is 6. The van der Waals surface area contributed by atoms with Gasteiger partial charge in [-0.1, -0.05) is 5.16 Å². The van der Waals surface area contributed by atoms with Gasteiger partial charge in [-0.05, 0) is 24.3 Å². The van der Waals surface area contributed by atoms with Gasteiger partial charge in [-0.25, -0.2) is 4.98 Å². The molecular formula is C13H15N5O3. The zero-order valence-electron chi connectivity index (χ0n) is 11.1. The van der Waals surface area contributed by atoms with Gasteiger partial charge in [-0.2, -0.15) is 0 Å². The molecule has 1 aromatic heterocycles. The smallest absolute Gasteiger partial charge is 0.258 e. The van der Waals surface area contributed by atoms with Crippen LogP contribution in [0.15, 0.2) is 41.8 Å². The Hall–Kier alpha value is -3.03. The molecule has 110 valence electrons. The van der Waals surface area contributed by atoms with E-state index in [1.54, 1.807) is 36.7 Å². The number of hydrogen-bond acceptors (Lipinski definition) is 5. The summed E-state index contributed by atoms with van der Waals surface area (Å²) < 4.78 is 5.32. The molecule has 1 heterocycles. The summed E-state index contributed by atoms with van der Waals surface area (Å²) >= 11 is 0. The van der Waals surface area contributed by atoms with E-state index in [9.17, 15) is 4.79 Å². The topological polar surface area (TPSA) is 126 Å². The van der Waals surface area contributed by atoms with Crippen molar-refractivity contribution in [3.05, 3.63) is 48.0 Å². The van der Waals surface area contributed by atoms with Crippen molar-refractivity contribution in [3.8, 4) is 5.75 Å². The minimum absolute atomic E-state index is 0.0118. The second-order valence-corrected chi connectivity index (χ2v) is 4.11. The molecule has 0 aliphatic rings. The van der Waals surface area contributed by atoms with Crippen molar-refractivity contribution in [3.63, 3.8) is 0 Å². The lowest BCUT2D eigenvalue weighted by atomic mass is 10.2. The molecule has 8 heteroatoms. The highest BCUT2D eigenvalue weighted by Crippen LogP contribution is 2.11. The van der Waals surface area contributed by atoms with E-state index in [4.69, 9.17) is 15.7 Å². The van der Waals surface area contributed by atoms with Gasteiger partial charge in [0.2, 0.25) is 0 Å². The van der Waals surface area contributed by atoms with E-state index in [-0.39, 0.29) is 18.3 Å². The number of imidazole rings is 1. The first-order valence-corrected chi connectivity index (χ1v) is 6.15. The fraction of sp³-hybridized carbons (Fsp3) is 0.154. The summed E-state index contributed by atoms with van der Waals surface area (Å²) in [7, 11) is 0. The third-order valence-corrected chi connectivity index (χ3v) is 2.64. The molecule has 0 bridgehead atoms. The molecule has 5 N–H and O–H groups in total. The molecule has 21 heavy (non-hydrogen) atoms. The third kappa shape index (κ3) is 4.23. The highest BCUT2D eigenvalue weighted by molar-refractivity contribution is 5.97. The largest absolute Gasteiger partial charge is 0.484 e. The van der Waals surface area contributed by atoms with Gasteiger partial charge in [-0.3, -0.25) is 4.79 Å². The molecule has 0 saturated heterocycles. The van der Waals surface area contributed by atoms with Gasteiger partial charge >= 0.3 is 0 Å². The van der Waals surface area contributed by atoms with E-state index in [2.05, 4.69) is 20.4 Å². The molecule has 0 unspecified atom stereocenters. The number of nitrogens with two attached hydrogens (primary N) is 1. The second kappa shape index (κ2) is 6.94. The molecule has 0 fully saturated rings. The number of oxime groups is 1. The first-order valence-electron chi connectivity index (χ1n) is 6.15. The number of carbonyl (C=O) groups is 1. The highest BCUT2D eigenvalue weighted by Gasteiger charge is 2.04. The molecule has 0 spiro atoms. The highest BCUT2D eigenvalue weighted by atomic mass is 16.5. The van der Waals surface area contributed by atoms with Crippen LogP contribution in [0.25, 0.3) is 0 Å². The Balaban J connectivity index is 1.78. The fourth-order valence-corrected chi connectivity index (χ4v) is 1.56. The van der Waals surface area contributed by atoms with Gasteiger partial charge in [0.1, 0.15) is 11.6 Å². The molecule has 0 saturated carbocycles. The Morgan fingerprint density at radius 2 is 2.19 bits per heavy atom. The van der Waals surface area contributed by atoms with Crippen LogP contribution in [0.4, 0.5) is 0 Å². The molecule has 2 aromatic rings. The number of amidine groups is 1. The number of amides is 1. The van der Waals surface area contributed by atoms with Crippen LogP contribution in [-0.2, 0) is 11.3 Å². The van der Waals surface area contributed by atoms with Gasteiger partial charge < -0.3 is 26.0 Å². The van der Waals surface area contributed by atoms with Crippen LogP contribution in [-0.4, -0.2) is 33.5 Å². The second-order valence-electron chi connectivity index (χ2n) is 4.11. The number of aromatic nitrogens is 2. The van der Waals surface area contributed by atoms with Crippen LogP contribution in [0, 0.1) is 0 Å². The zero-order chi connectivity index (χ0) is 15.1. The minimum Gasteiger partial charge on any atom is -0.484 e. The maximum absolute atomic E-state index is 11.6. The number of aromatic amines is 1. The minimum atomic E-state index is -0.257. The SMILES string of the molecule is NC(=NO)c1ccc(OCC(=O)NCc2ncc[nH]2)cc1. The Morgan fingerprint density at radius 1 is 1.43 bits per heavy atom. The van der Waals surface area contributed by atoms with Crippen molar-refractivity contribution in [2.45, 2.75) is 6.54 Å². The lowest BCUT2D eigenvalue weighted by Crippen LogP contribution is -2.28. The Bertz CT molecular complexity index is 607. The fourth-order valence-electron chi connectivity index (χ4n) is 1.56. The van der Waals surface area contributed by atoms with Crippen LogP contribution in [0.3, 0.4) is 0 Å². The molecular weight excluding hydrogens is 274 g/mol. The Morgan fingerprint density at radius 3 is 2.81 bits per heavy atom. The molecule has 0 aliphatic heterocycles. The van der Waals surface area contributed by atoms with Crippen LogP contribution in [0.1, 0.15) is 11.4 Å². The maximum atomic E-state index is 11.6. The monoisotopic (exact) mass is 289 g/mol. The Labute approximate surface area is 120 Å². The zero-order valence-corrected chi connectivity index (χ0v) is 11.1. The van der Waals surface area contributed by atoms with Gasteiger partial charge in [0, 0.05) is 18.0 Å². The number of ether oxygens (including phenoxy) is 1. The third-order valence-electron chi connectivity index (χ3n) is 2.64. The summed E-state index contributed by atoms with van der Waals surface area (Å²) in [6, 6.07) is 6.52. The molecule has 2 rings (SSSR count). The van der Waals surface area contributed by atoms with Gasteiger partial charge in [-0.15, -0.1) is 0 Å². The van der Waals surface area contributed by atoms with Crippen molar-refractivity contribution >= 4 is 11.7 Å². The summed E-state index contributed by atoms with van der Waals surface area (Å²) in [5.41, 5.74) is 6.00. The van der Waals surface area contributed by atoms with Gasteiger partial charge in [0.25, 0.3) is 5.91 Å². The predicted octanol–water partition coefficient (Wildman–Crippen LogP) is 0.199. The lowest BCUT2D eigenvalue weighted by molar-refractivity contribution is -0.123. The number of carbonyl (C=O) groups excluding carboxylic acids is 1. The van der Waals surface area contributed by atoms with Crippen LogP contribution >= 0.6 is 0 Å². The van der Waals surface area contributed by atoms with Crippen molar-refractivity contribution in [2.24, 2.45) is 10.9 Å². The van der Waals surface area contributed by atoms with Gasteiger partial charge in [0.15, 0.2) is 12.4 Å². The first kappa shape index (κ1) is 14.4. The van der Waals surface area contributed by atoms with E-state index in [0.717, 1.165) is 0 Å². The molecule has 0 atom stereocenters. The number of benzene rings is 1. The predicted molar refractivity (Wildman–Crippen MR) is 74.9 cm³/mol.